The van der Waals surface area contributed by atoms with Gasteiger partial charge in [-0.2, -0.15) is 0 Å². The summed E-state index contributed by atoms with van der Waals surface area (Å²) in [4.78, 5) is 24.0. The van der Waals surface area contributed by atoms with Gasteiger partial charge in [0.1, 0.15) is 13.2 Å². The number of nitrogens with one attached hydrogen (secondary N) is 1. The number of carboxylic acids is 1. The smallest absolute Gasteiger partial charge is 0.310 e. The molecule has 0 aromatic heterocycles. The maximum Gasteiger partial charge on any atom is 0.310 e. The first-order valence-electron chi connectivity index (χ1n) is 7.72. The number of fused-ring (bicyclic) bond motifs is 3. The number of carboxylic acid groups (broad SMARTS) is 1. The van der Waals surface area contributed by atoms with Crippen LogP contribution in [0.1, 0.15) is 12.8 Å². The SMILES string of the molecule is O=C(O)[C@@H]1[C@H](C(=O)Nc2ccc3c(c2)OCCO3)[C@H]2CC[C@H]1O2. The number of ether oxygens (including phenoxy) is 3. The molecule has 1 aromatic rings. The van der Waals surface area contributed by atoms with Gasteiger partial charge in [0.05, 0.1) is 24.0 Å². The molecule has 122 valence electrons. The van der Waals surface area contributed by atoms with Crippen molar-refractivity contribution in [2.75, 3.05) is 18.5 Å². The molecule has 23 heavy (non-hydrogen) atoms. The van der Waals surface area contributed by atoms with E-state index in [4.69, 9.17) is 14.2 Å². The normalized spacial score (nSPS) is 31.0. The van der Waals surface area contributed by atoms with E-state index in [-0.39, 0.29) is 18.1 Å². The average Bonchev–Trinajstić information content (AvgIpc) is 3.15. The molecule has 7 nitrogen and oxygen atoms in total. The van der Waals surface area contributed by atoms with Crippen molar-refractivity contribution in [3.8, 4) is 11.5 Å². The van der Waals surface area contributed by atoms with Gasteiger partial charge >= 0.3 is 5.97 Å². The van der Waals surface area contributed by atoms with E-state index in [9.17, 15) is 14.7 Å². The number of aliphatic carboxylic acids is 1. The number of anilines is 1. The maximum atomic E-state index is 12.6. The van der Waals surface area contributed by atoms with Gasteiger partial charge in [0, 0.05) is 11.8 Å². The van der Waals surface area contributed by atoms with Crippen LogP contribution in [0.2, 0.25) is 0 Å². The number of carbonyl (C=O) groups is 2. The first-order valence-corrected chi connectivity index (χ1v) is 7.72. The monoisotopic (exact) mass is 319 g/mol. The van der Waals surface area contributed by atoms with Gasteiger partial charge in [0.2, 0.25) is 5.91 Å². The fourth-order valence-electron chi connectivity index (χ4n) is 3.67. The molecular weight excluding hydrogens is 302 g/mol. The number of carbonyl (C=O) groups excluding carboxylic acids is 1. The van der Waals surface area contributed by atoms with Crippen LogP contribution in [-0.4, -0.2) is 42.4 Å². The van der Waals surface area contributed by atoms with Crippen molar-refractivity contribution in [2.45, 2.75) is 25.0 Å². The van der Waals surface area contributed by atoms with E-state index in [0.717, 1.165) is 6.42 Å². The Balaban J connectivity index is 1.52. The van der Waals surface area contributed by atoms with Crippen molar-refractivity contribution >= 4 is 17.6 Å². The quantitative estimate of drug-likeness (QED) is 0.871. The Morgan fingerprint density at radius 3 is 2.48 bits per heavy atom. The summed E-state index contributed by atoms with van der Waals surface area (Å²) in [5, 5.41) is 12.2. The number of benzene rings is 1. The fourth-order valence-corrected chi connectivity index (χ4v) is 3.67. The lowest BCUT2D eigenvalue weighted by Gasteiger charge is -2.24. The Morgan fingerprint density at radius 1 is 1.04 bits per heavy atom. The molecule has 4 rings (SSSR count). The lowest BCUT2D eigenvalue weighted by Crippen LogP contribution is -2.40. The van der Waals surface area contributed by atoms with E-state index >= 15 is 0 Å². The third-order valence-electron chi connectivity index (χ3n) is 4.67. The molecule has 0 radical (unpaired) electrons. The van der Waals surface area contributed by atoms with Crippen LogP contribution in [0.15, 0.2) is 18.2 Å². The Hall–Kier alpha value is -2.28. The summed E-state index contributed by atoms with van der Waals surface area (Å²) in [5.41, 5.74) is 0.561. The average molecular weight is 319 g/mol. The van der Waals surface area contributed by atoms with Crippen molar-refractivity contribution in [1.82, 2.24) is 0 Å². The second-order valence-electron chi connectivity index (χ2n) is 6.03. The zero-order valence-corrected chi connectivity index (χ0v) is 12.4. The Labute approximate surface area is 132 Å². The van der Waals surface area contributed by atoms with Gasteiger partial charge in [-0.15, -0.1) is 0 Å². The second kappa shape index (κ2) is 5.42. The predicted molar refractivity (Wildman–Crippen MR) is 78.6 cm³/mol. The zero-order valence-electron chi connectivity index (χ0n) is 12.4. The molecule has 4 atom stereocenters. The van der Waals surface area contributed by atoms with Gasteiger partial charge in [0.15, 0.2) is 11.5 Å². The highest BCUT2D eigenvalue weighted by atomic mass is 16.6. The summed E-state index contributed by atoms with van der Waals surface area (Å²) in [6.45, 7) is 0.965. The molecular formula is C16H17NO6. The first kappa shape index (κ1) is 14.3. The molecule has 2 bridgehead atoms. The van der Waals surface area contributed by atoms with Crippen LogP contribution in [0.4, 0.5) is 5.69 Å². The number of hydrogen-bond donors (Lipinski definition) is 2. The van der Waals surface area contributed by atoms with Gasteiger partial charge < -0.3 is 24.6 Å². The van der Waals surface area contributed by atoms with E-state index in [0.29, 0.717) is 36.8 Å². The highest BCUT2D eigenvalue weighted by molar-refractivity contribution is 5.96. The van der Waals surface area contributed by atoms with Crippen molar-refractivity contribution < 1.29 is 28.9 Å². The highest BCUT2D eigenvalue weighted by Gasteiger charge is 2.55. The molecule has 0 aliphatic carbocycles. The summed E-state index contributed by atoms with van der Waals surface area (Å²) in [6, 6.07) is 5.14. The molecule has 1 amide bonds. The zero-order chi connectivity index (χ0) is 16.0. The van der Waals surface area contributed by atoms with Crippen LogP contribution in [0.3, 0.4) is 0 Å². The van der Waals surface area contributed by atoms with E-state index in [2.05, 4.69) is 5.32 Å². The second-order valence-corrected chi connectivity index (χ2v) is 6.03. The Bertz CT molecular complexity index is 660. The fraction of sp³-hybridized carbons (Fsp3) is 0.500. The standard InChI is InChI=1S/C16H17NO6/c18-15(13-10-3-4-11(23-10)14(13)16(19)20)17-8-1-2-9-12(7-8)22-6-5-21-9/h1-2,7,10-11,13-14H,3-6H2,(H,17,18)(H,19,20)/t10-,11-,13-,14+/m1/s1. The summed E-state index contributed by atoms with van der Waals surface area (Å²) in [6.07, 6.45) is 0.773. The molecule has 3 aliphatic rings. The predicted octanol–water partition coefficient (Wildman–Crippen LogP) is 1.27. The van der Waals surface area contributed by atoms with Crippen LogP contribution in [0.5, 0.6) is 11.5 Å². The lowest BCUT2D eigenvalue weighted by molar-refractivity contribution is -0.147. The van der Waals surface area contributed by atoms with E-state index in [1.807, 2.05) is 0 Å². The minimum atomic E-state index is -0.973. The molecule has 0 saturated carbocycles. The molecule has 2 N–H and O–H groups in total. The van der Waals surface area contributed by atoms with Gasteiger partial charge in [-0.05, 0) is 25.0 Å². The van der Waals surface area contributed by atoms with E-state index < -0.39 is 17.8 Å². The highest BCUT2D eigenvalue weighted by Crippen LogP contribution is 2.44. The molecule has 0 spiro atoms. The summed E-state index contributed by atoms with van der Waals surface area (Å²) in [5.74, 6) is -1.50. The minimum Gasteiger partial charge on any atom is -0.486 e. The van der Waals surface area contributed by atoms with Crippen molar-refractivity contribution in [1.29, 1.82) is 0 Å². The Morgan fingerprint density at radius 2 is 1.74 bits per heavy atom. The molecule has 0 unspecified atom stereocenters. The molecule has 3 heterocycles. The lowest BCUT2D eigenvalue weighted by atomic mass is 9.78. The third kappa shape index (κ3) is 2.41. The van der Waals surface area contributed by atoms with Crippen molar-refractivity contribution in [2.24, 2.45) is 11.8 Å². The van der Waals surface area contributed by atoms with E-state index in [1.54, 1.807) is 18.2 Å². The number of amides is 1. The summed E-state index contributed by atoms with van der Waals surface area (Å²) < 4.78 is 16.5. The van der Waals surface area contributed by atoms with Gasteiger partial charge in [0.25, 0.3) is 0 Å². The van der Waals surface area contributed by atoms with Crippen LogP contribution in [0, 0.1) is 11.8 Å². The number of hydrogen-bond acceptors (Lipinski definition) is 5. The summed E-state index contributed by atoms with van der Waals surface area (Å²) in [7, 11) is 0. The van der Waals surface area contributed by atoms with Gasteiger partial charge in [-0.25, -0.2) is 0 Å². The molecule has 2 saturated heterocycles. The van der Waals surface area contributed by atoms with E-state index in [1.165, 1.54) is 0 Å². The topological polar surface area (TPSA) is 94.1 Å². The summed E-state index contributed by atoms with van der Waals surface area (Å²) >= 11 is 0. The minimum absolute atomic E-state index is 0.307. The first-order chi connectivity index (χ1) is 11.1. The van der Waals surface area contributed by atoms with Gasteiger partial charge in [-0.3, -0.25) is 9.59 Å². The third-order valence-corrected chi connectivity index (χ3v) is 4.67. The van der Waals surface area contributed by atoms with Crippen molar-refractivity contribution in [3.63, 3.8) is 0 Å². The van der Waals surface area contributed by atoms with Crippen LogP contribution >= 0.6 is 0 Å². The molecule has 2 fully saturated rings. The Kier molecular flexibility index (Phi) is 3.37. The number of rotatable bonds is 3. The molecule has 7 heteroatoms. The largest absolute Gasteiger partial charge is 0.486 e. The van der Waals surface area contributed by atoms with Crippen molar-refractivity contribution in [3.05, 3.63) is 18.2 Å². The van der Waals surface area contributed by atoms with Gasteiger partial charge in [-0.1, -0.05) is 0 Å². The van der Waals surface area contributed by atoms with Crippen LogP contribution in [0.25, 0.3) is 0 Å². The van der Waals surface area contributed by atoms with Crippen LogP contribution in [-0.2, 0) is 14.3 Å². The molecule has 1 aromatic carbocycles. The maximum absolute atomic E-state index is 12.6. The molecule has 3 aliphatic heterocycles. The van der Waals surface area contributed by atoms with Crippen LogP contribution < -0.4 is 14.8 Å².